The number of rotatable bonds is 3. The first-order chi connectivity index (χ1) is 20.1. The van der Waals surface area contributed by atoms with Crippen molar-refractivity contribution < 1.29 is 28.6 Å². The molecule has 0 spiro atoms. The summed E-state index contributed by atoms with van der Waals surface area (Å²) in [4.78, 5) is 46.8. The first-order valence-corrected chi connectivity index (χ1v) is 15.5. The molecule has 1 aromatic carbocycles. The minimum Gasteiger partial charge on any atom is -0.472 e. The molecule has 1 saturated heterocycles. The van der Waals surface area contributed by atoms with Gasteiger partial charge in [-0.05, 0) is 67.7 Å². The number of amides is 1. The highest BCUT2D eigenvalue weighted by molar-refractivity contribution is 5.90. The van der Waals surface area contributed by atoms with Crippen molar-refractivity contribution in [1.29, 1.82) is 0 Å². The maximum atomic E-state index is 14.3. The molecule has 0 radical (unpaired) electrons. The van der Waals surface area contributed by atoms with E-state index in [1.165, 1.54) is 0 Å². The van der Waals surface area contributed by atoms with Gasteiger partial charge in [-0.2, -0.15) is 0 Å². The lowest BCUT2D eigenvalue weighted by atomic mass is 9.77. The summed E-state index contributed by atoms with van der Waals surface area (Å²) in [6.45, 7) is 8.69. The van der Waals surface area contributed by atoms with Gasteiger partial charge in [-0.25, -0.2) is 9.78 Å². The van der Waals surface area contributed by atoms with Crippen molar-refractivity contribution in [3.8, 4) is 5.88 Å². The van der Waals surface area contributed by atoms with E-state index < -0.39 is 24.0 Å². The molecule has 1 amide bonds. The standard InChI is InChI=1S/C34H44N2O6/c1-5-40-33(39)29-18-26-20-36(29)32(38)28(23-10-7-6-8-11-23)19-30(37)41-21-34(3,4)14-9-12-24-17-27-25(16-22(24)2)13-15-35-31(27)42-26/h9,12-13,15-17,23,26,28-29H,5-8,10-11,14,18-21H2,1-4H3/b12-9+/t26-,28+,29+/m1/s1. The van der Waals surface area contributed by atoms with Gasteiger partial charge in [0.15, 0.2) is 0 Å². The van der Waals surface area contributed by atoms with Crippen LogP contribution < -0.4 is 4.74 Å². The number of hydrogen-bond acceptors (Lipinski definition) is 7. The van der Waals surface area contributed by atoms with E-state index in [2.05, 4.69) is 50.0 Å². The van der Waals surface area contributed by atoms with Crippen LogP contribution in [0, 0.1) is 24.2 Å². The molecule has 8 heteroatoms. The maximum absolute atomic E-state index is 14.3. The Balaban J connectivity index is 1.54. The highest BCUT2D eigenvalue weighted by atomic mass is 16.5. The molecule has 2 fully saturated rings. The van der Waals surface area contributed by atoms with E-state index in [9.17, 15) is 14.4 Å². The summed E-state index contributed by atoms with van der Waals surface area (Å²) < 4.78 is 17.7. The number of cyclic esters (lactones) is 1. The zero-order valence-electron chi connectivity index (χ0n) is 25.4. The molecule has 8 nitrogen and oxygen atoms in total. The van der Waals surface area contributed by atoms with E-state index in [1.807, 2.05) is 6.07 Å². The number of benzene rings is 1. The van der Waals surface area contributed by atoms with Crippen molar-refractivity contribution in [2.45, 2.75) is 91.2 Å². The third kappa shape index (κ3) is 6.79. The van der Waals surface area contributed by atoms with Crippen LogP contribution in [0.2, 0.25) is 0 Å². The van der Waals surface area contributed by atoms with Gasteiger partial charge in [0.2, 0.25) is 11.8 Å². The molecule has 0 N–H and O–H groups in total. The molecule has 42 heavy (non-hydrogen) atoms. The smallest absolute Gasteiger partial charge is 0.328 e. The summed E-state index contributed by atoms with van der Waals surface area (Å²) in [6.07, 6.45) is 11.5. The molecule has 1 aliphatic carbocycles. The minimum absolute atomic E-state index is 0.0115. The second kappa shape index (κ2) is 12.8. The van der Waals surface area contributed by atoms with Gasteiger partial charge >= 0.3 is 11.9 Å². The number of aryl methyl sites for hydroxylation is 1. The molecule has 2 aromatic rings. The number of aromatic nitrogens is 1. The molecular formula is C34H44N2O6. The zero-order chi connectivity index (χ0) is 29.9. The Kier molecular flexibility index (Phi) is 9.19. The van der Waals surface area contributed by atoms with Gasteiger partial charge in [-0.3, -0.25) is 9.59 Å². The van der Waals surface area contributed by atoms with Crippen LogP contribution in [0.25, 0.3) is 16.8 Å². The Labute approximate surface area is 248 Å². The number of pyridine rings is 1. The van der Waals surface area contributed by atoms with E-state index in [-0.39, 0.29) is 49.4 Å². The van der Waals surface area contributed by atoms with Gasteiger partial charge in [0.25, 0.3) is 0 Å². The Morgan fingerprint density at radius 2 is 1.95 bits per heavy atom. The van der Waals surface area contributed by atoms with Crippen LogP contribution in [0.4, 0.5) is 0 Å². The molecule has 1 aromatic heterocycles. The topological polar surface area (TPSA) is 95.0 Å². The number of ether oxygens (including phenoxy) is 3. The monoisotopic (exact) mass is 576 g/mol. The minimum atomic E-state index is -0.777. The molecular weight excluding hydrogens is 532 g/mol. The third-order valence-corrected chi connectivity index (χ3v) is 9.01. The number of carbonyl (C=O) groups excluding carboxylic acids is 3. The molecule has 3 heterocycles. The van der Waals surface area contributed by atoms with Crippen LogP contribution in [0.3, 0.4) is 0 Å². The molecule has 4 bridgehead atoms. The molecule has 3 atom stereocenters. The fraction of sp³-hybridized carbons (Fsp3) is 0.588. The van der Waals surface area contributed by atoms with Gasteiger partial charge in [0.05, 0.1) is 32.1 Å². The highest BCUT2D eigenvalue weighted by Gasteiger charge is 2.46. The van der Waals surface area contributed by atoms with Gasteiger partial charge in [-0.15, -0.1) is 0 Å². The Morgan fingerprint density at radius 1 is 1.17 bits per heavy atom. The fourth-order valence-electron chi connectivity index (χ4n) is 6.63. The first-order valence-electron chi connectivity index (χ1n) is 15.5. The van der Waals surface area contributed by atoms with Crippen LogP contribution in [0.1, 0.15) is 83.3 Å². The van der Waals surface area contributed by atoms with Crippen LogP contribution >= 0.6 is 0 Å². The van der Waals surface area contributed by atoms with Gasteiger partial charge in [0.1, 0.15) is 12.1 Å². The van der Waals surface area contributed by atoms with Crippen LogP contribution in [-0.4, -0.2) is 59.6 Å². The summed E-state index contributed by atoms with van der Waals surface area (Å²) in [7, 11) is 0. The number of fused-ring (bicyclic) bond motifs is 3. The van der Waals surface area contributed by atoms with E-state index in [0.717, 1.165) is 60.4 Å². The van der Waals surface area contributed by atoms with E-state index in [4.69, 9.17) is 14.2 Å². The number of esters is 2. The average Bonchev–Trinajstić information content (AvgIpc) is 3.39. The van der Waals surface area contributed by atoms with Crippen LogP contribution in [0.5, 0.6) is 5.88 Å². The van der Waals surface area contributed by atoms with Crippen molar-refractivity contribution in [1.82, 2.24) is 9.88 Å². The number of allylic oxidation sites excluding steroid dienone is 1. The van der Waals surface area contributed by atoms with E-state index in [0.29, 0.717) is 12.3 Å². The number of hydrogen-bond donors (Lipinski definition) is 0. The van der Waals surface area contributed by atoms with Crippen molar-refractivity contribution >= 4 is 34.7 Å². The summed E-state index contributed by atoms with van der Waals surface area (Å²) in [5.74, 6) is -0.978. The molecule has 1 saturated carbocycles. The van der Waals surface area contributed by atoms with Crippen LogP contribution in [-0.2, 0) is 23.9 Å². The quantitative estimate of drug-likeness (QED) is 0.412. The van der Waals surface area contributed by atoms with Crippen LogP contribution in [0.15, 0.2) is 30.5 Å². The van der Waals surface area contributed by atoms with E-state index in [1.54, 1.807) is 18.0 Å². The lowest BCUT2D eigenvalue weighted by molar-refractivity contribution is -0.157. The van der Waals surface area contributed by atoms with Crippen molar-refractivity contribution in [2.24, 2.45) is 17.3 Å². The number of carbonyl (C=O) groups is 3. The summed E-state index contributed by atoms with van der Waals surface area (Å²) >= 11 is 0. The first kappa shape index (κ1) is 30.1. The average molecular weight is 577 g/mol. The molecule has 5 rings (SSSR count). The highest BCUT2D eigenvalue weighted by Crippen LogP contribution is 2.37. The molecule has 0 unspecified atom stereocenters. The van der Waals surface area contributed by atoms with Gasteiger partial charge in [0, 0.05) is 23.4 Å². The SMILES string of the molecule is CCOC(=O)[C@@H]1C[C@@H]2CN1C(=O)[C@H](C1CCCCC1)CC(=O)OCC(C)(C)C/C=C/c1cc3c(nccc3cc1C)O2. The lowest BCUT2D eigenvalue weighted by Crippen LogP contribution is -2.47. The normalized spacial score (nSPS) is 26.3. The molecule has 226 valence electrons. The predicted molar refractivity (Wildman–Crippen MR) is 161 cm³/mol. The summed E-state index contributed by atoms with van der Waals surface area (Å²) in [6, 6.07) is 5.39. The van der Waals surface area contributed by atoms with Crippen molar-refractivity contribution in [2.75, 3.05) is 19.8 Å². The maximum Gasteiger partial charge on any atom is 0.328 e. The summed E-state index contributed by atoms with van der Waals surface area (Å²) in [5, 5.41) is 1.90. The molecule has 2 aliphatic heterocycles. The van der Waals surface area contributed by atoms with Crippen molar-refractivity contribution in [3.63, 3.8) is 0 Å². The lowest BCUT2D eigenvalue weighted by Gasteiger charge is -2.33. The van der Waals surface area contributed by atoms with Gasteiger partial charge in [-0.1, -0.05) is 51.3 Å². The zero-order valence-corrected chi connectivity index (χ0v) is 25.4. The van der Waals surface area contributed by atoms with Crippen molar-refractivity contribution in [3.05, 3.63) is 41.6 Å². The summed E-state index contributed by atoms with van der Waals surface area (Å²) in [5.41, 5.74) is 1.90. The fourth-order valence-corrected chi connectivity index (χ4v) is 6.63. The van der Waals surface area contributed by atoms with Gasteiger partial charge < -0.3 is 19.1 Å². The molecule has 3 aliphatic rings. The Bertz CT molecular complexity index is 1350. The Morgan fingerprint density at radius 3 is 2.71 bits per heavy atom. The second-order valence-corrected chi connectivity index (χ2v) is 12.9. The largest absolute Gasteiger partial charge is 0.472 e. The number of nitrogens with zero attached hydrogens (tertiary/aromatic N) is 2. The predicted octanol–water partition coefficient (Wildman–Crippen LogP) is 6.03. The third-order valence-electron chi connectivity index (χ3n) is 9.01. The Hall–Kier alpha value is -3.42. The second-order valence-electron chi connectivity index (χ2n) is 12.9. The van der Waals surface area contributed by atoms with E-state index >= 15 is 0 Å².